The zero-order valence-corrected chi connectivity index (χ0v) is 17.4. The molecule has 2 rings (SSSR count). The van der Waals surface area contributed by atoms with Gasteiger partial charge in [-0.05, 0) is 66.0 Å². The SMILES string of the molecule is CC(C)(C)OC(=O)N[C@@H](C[C@@H]1Cc2ccccc2NC1=O)C(=O)OC(C)(C)C. The molecular formula is C21H30N2O5. The highest BCUT2D eigenvalue weighted by Gasteiger charge is 2.35. The highest BCUT2D eigenvalue weighted by Crippen LogP contribution is 2.28. The van der Waals surface area contributed by atoms with Crippen molar-refractivity contribution in [1.29, 1.82) is 0 Å². The van der Waals surface area contributed by atoms with Crippen molar-refractivity contribution in [2.75, 3.05) is 5.32 Å². The molecule has 1 aliphatic rings. The molecule has 28 heavy (non-hydrogen) atoms. The molecule has 0 aliphatic carbocycles. The van der Waals surface area contributed by atoms with E-state index in [4.69, 9.17) is 9.47 Å². The van der Waals surface area contributed by atoms with Gasteiger partial charge in [-0.15, -0.1) is 0 Å². The summed E-state index contributed by atoms with van der Waals surface area (Å²) in [4.78, 5) is 37.4. The Hall–Kier alpha value is -2.57. The van der Waals surface area contributed by atoms with Crippen LogP contribution in [0.1, 0.15) is 53.5 Å². The molecule has 7 nitrogen and oxygen atoms in total. The van der Waals surface area contributed by atoms with Gasteiger partial charge < -0.3 is 20.1 Å². The maximum absolute atomic E-state index is 12.7. The minimum Gasteiger partial charge on any atom is -0.458 e. The fourth-order valence-corrected chi connectivity index (χ4v) is 2.92. The van der Waals surface area contributed by atoms with E-state index in [1.54, 1.807) is 41.5 Å². The predicted molar refractivity (Wildman–Crippen MR) is 106 cm³/mol. The first-order chi connectivity index (χ1) is 12.8. The molecule has 0 spiro atoms. The first kappa shape index (κ1) is 21.7. The number of nitrogens with one attached hydrogen (secondary N) is 2. The van der Waals surface area contributed by atoms with Gasteiger partial charge in [0, 0.05) is 11.6 Å². The molecule has 1 aromatic rings. The van der Waals surface area contributed by atoms with E-state index in [1.807, 2.05) is 24.3 Å². The monoisotopic (exact) mass is 390 g/mol. The summed E-state index contributed by atoms with van der Waals surface area (Å²) in [5, 5.41) is 5.43. The summed E-state index contributed by atoms with van der Waals surface area (Å²) in [5.41, 5.74) is 0.348. The molecule has 1 aliphatic heterocycles. The molecule has 1 aromatic carbocycles. The van der Waals surface area contributed by atoms with Gasteiger partial charge in [0.15, 0.2) is 0 Å². The molecule has 0 unspecified atom stereocenters. The first-order valence-corrected chi connectivity index (χ1v) is 9.45. The maximum atomic E-state index is 12.7. The molecule has 7 heteroatoms. The number of alkyl carbamates (subject to hydrolysis) is 1. The van der Waals surface area contributed by atoms with E-state index in [0.29, 0.717) is 6.42 Å². The topological polar surface area (TPSA) is 93.7 Å². The van der Waals surface area contributed by atoms with E-state index in [0.717, 1.165) is 11.3 Å². The third-order valence-electron chi connectivity index (χ3n) is 4.01. The highest BCUT2D eigenvalue weighted by molar-refractivity contribution is 5.96. The third-order valence-corrected chi connectivity index (χ3v) is 4.01. The second-order valence-corrected chi connectivity index (χ2v) is 9.02. The number of anilines is 1. The molecule has 2 N–H and O–H groups in total. The first-order valence-electron chi connectivity index (χ1n) is 9.45. The number of rotatable bonds is 4. The molecule has 0 radical (unpaired) electrons. The number of carbonyl (C=O) groups excluding carboxylic acids is 3. The van der Waals surface area contributed by atoms with Gasteiger partial charge in [0.25, 0.3) is 0 Å². The van der Waals surface area contributed by atoms with E-state index in [1.165, 1.54) is 0 Å². The quantitative estimate of drug-likeness (QED) is 0.769. The van der Waals surface area contributed by atoms with Crippen LogP contribution in [0.3, 0.4) is 0 Å². The van der Waals surface area contributed by atoms with Gasteiger partial charge in [0.05, 0.1) is 0 Å². The van der Waals surface area contributed by atoms with Crippen LogP contribution < -0.4 is 10.6 Å². The molecular weight excluding hydrogens is 360 g/mol. The lowest BCUT2D eigenvalue weighted by Gasteiger charge is -2.30. The van der Waals surface area contributed by atoms with Crippen molar-refractivity contribution < 1.29 is 23.9 Å². The number of fused-ring (bicyclic) bond motifs is 1. The van der Waals surface area contributed by atoms with Crippen LogP contribution in [0, 0.1) is 5.92 Å². The van der Waals surface area contributed by atoms with Crippen molar-refractivity contribution in [1.82, 2.24) is 5.32 Å². The molecule has 2 atom stereocenters. The molecule has 154 valence electrons. The molecule has 0 saturated carbocycles. The zero-order valence-electron chi connectivity index (χ0n) is 17.4. The number of carbonyl (C=O) groups is 3. The molecule has 0 fully saturated rings. The lowest BCUT2D eigenvalue weighted by Crippen LogP contribution is -2.48. The van der Waals surface area contributed by atoms with Crippen LogP contribution in [-0.2, 0) is 25.5 Å². The fourth-order valence-electron chi connectivity index (χ4n) is 2.92. The lowest BCUT2D eigenvalue weighted by atomic mass is 9.88. The van der Waals surface area contributed by atoms with Crippen LogP contribution in [0.5, 0.6) is 0 Å². The van der Waals surface area contributed by atoms with Gasteiger partial charge >= 0.3 is 12.1 Å². The average molecular weight is 390 g/mol. The smallest absolute Gasteiger partial charge is 0.408 e. The van der Waals surface area contributed by atoms with Gasteiger partial charge in [0.1, 0.15) is 17.2 Å². The van der Waals surface area contributed by atoms with Crippen molar-refractivity contribution >= 4 is 23.7 Å². The van der Waals surface area contributed by atoms with Gasteiger partial charge in [0.2, 0.25) is 5.91 Å². The number of amides is 2. The minimum atomic E-state index is -0.991. The Morgan fingerprint density at radius 1 is 1.11 bits per heavy atom. The summed E-state index contributed by atoms with van der Waals surface area (Å²) in [6, 6.07) is 6.54. The van der Waals surface area contributed by atoms with Crippen LogP contribution in [0.15, 0.2) is 24.3 Å². The average Bonchev–Trinajstić information content (AvgIpc) is 2.51. The minimum absolute atomic E-state index is 0.119. The van der Waals surface area contributed by atoms with E-state index in [9.17, 15) is 14.4 Å². The lowest BCUT2D eigenvalue weighted by molar-refractivity contribution is -0.158. The Balaban J connectivity index is 2.15. The maximum Gasteiger partial charge on any atom is 0.408 e. The second-order valence-electron chi connectivity index (χ2n) is 9.02. The van der Waals surface area contributed by atoms with Crippen molar-refractivity contribution in [3.05, 3.63) is 29.8 Å². The predicted octanol–water partition coefficient (Wildman–Crippen LogP) is 3.42. The Labute approximate surface area is 166 Å². The Morgan fingerprint density at radius 2 is 1.71 bits per heavy atom. The van der Waals surface area contributed by atoms with E-state index < -0.39 is 35.2 Å². The normalized spacial score (nSPS) is 17.8. The Morgan fingerprint density at radius 3 is 2.32 bits per heavy atom. The van der Waals surface area contributed by atoms with Crippen molar-refractivity contribution in [3.8, 4) is 0 Å². The summed E-state index contributed by atoms with van der Waals surface area (Å²) in [7, 11) is 0. The van der Waals surface area contributed by atoms with E-state index >= 15 is 0 Å². The van der Waals surface area contributed by atoms with Crippen LogP contribution in [0.2, 0.25) is 0 Å². The van der Waals surface area contributed by atoms with Crippen LogP contribution >= 0.6 is 0 Å². The fraction of sp³-hybridized carbons (Fsp3) is 0.571. The molecule has 1 heterocycles. The summed E-state index contributed by atoms with van der Waals surface area (Å²) in [6.45, 7) is 10.5. The standard InChI is InChI=1S/C21H30N2O5/c1-20(2,3)27-18(25)16(23-19(26)28-21(4,5)6)12-14-11-13-9-7-8-10-15(13)22-17(14)24/h7-10,14,16H,11-12H2,1-6H3,(H,22,24)(H,23,26)/t14-,16-/m0/s1. The van der Waals surface area contributed by atoms with Crippen LogP contribution in [0.4, 0.5) is 10.5 Å². The summed E-state index contributed by atoms with van der Waals surface area (Å²) < 4.78 is 10.7. The van der Waals surface area contributed by atoms with Crippen molar-refractivity contribution in [3.63, 3.8) is 0 Å². The Kier molecular flexibility index (Phi) is 6.37. The molecule has 0 saturated heterocycles. The largest absolute Gasteiger partial charge is 0.458 e. The zero-order chi connectivity index (χ0) is 21.1. The molecule has 2 amide bonds. The van der Waals surface area contributed by atoms with Gasteiger partial charge in [-0.1, -0.05) is 18.2 Å². The summed E-state index contributed by atoms with van der Waals surface area (Å²) in [5.74, 6) is -1.24. The number of benzene rings is 1. The molecule has 0 bridgehead atoms. The second kappa shape index (κ2) is 8.20. The summed E-state index contributed by atoms with van der Waals surface area (Å²) in [6.07, 6.45) is -0.119. The van der Waals surface area contributed by atoms with Gasteiger partial charge in [-0.2, -0.15) is 0 Å². The number of hydrogen-bond donors (Lipinski definition) is 2. The molecule has 0 aromatic heterocycles. The third kappa shape index (κ3) is 6.55. The summed E-state index contributed by atoms with van der Waals surface area (Å²) >= 11 is 0. The number of ether oxygens (including phenoxy) is 2. The van der Waals surface area contributed by atoms with Crippen molar-refractivity contribution in [2.24, 2.45) is 5.92 Å². The van der Waals surface area contributed by atoms with Crippen LogP contribution in [0.25, 0.3) is 0 Å². The van der Waals surface area contributed by atoms with E-state index in [-0.39, 0.29) is 12.3 Å². The van der Waals surface area contributed by atoms with E-state index in [2.05, 4.69) is 10.6 Å². The highest BCUT2D eigenvalue weighted by atomic mass is 16.6. The number of para-hydroxylation sites is 1. The number of esters is 1. The number of hydrogen-bond acceptors (Lipinski definition) is 5. The Bertz CT molecular complexity index is 746. The van der Waals surface area contributed by atoms with Gasteiger partial charge in [-0.25, -0.2) is 9.59 Å². The van der Waals surface area contributed by atoms with Crippen LogP contribution in [-0.4, -0.2) is 35.2 Å². The van der Waals surface area contributed by atoms with Crippen molar-refractivity contribution in [2.45, 2.75) is 71.6 Å². The van der Waals surface area contributed by atoms with Gasteiger partial charge in [-0.3, -0.25) is 4.79 Å².